The highest BCUT2D eigenvalue weighted by Gasteiger charge is 2.30. The number of phenolic OH excluding ortho intramolecular Hbond substituents is 1. The molecule has 0 spiro atoms. The fourth-order valence-electron chi connectivity index (χ4n) is 7.54. The lowest BCUT2D eigenvalue weighted by Gasteiger charge is -2.28. The van der Waals surface area contributed by atoms with E-state index in [0.717, 1.165) is 61.6 Å². The molecule has 2 aromatic heterocycles. The second kappa shape index (κ2) is 14.1. The highest BCUT2D eigenvalue weighted by molar-refractivity contribution is 5.97. The second-order valence-corrected chi connectivity index (χ2v) is 17.3. The van der Waals surface area contributed by atoms with Crippen LogP contribution in [0.1, 0.15) is 103 Å². The van der Waals surface area contributed by atoms with E-state index in [-0.39, 0.29) is 28.4 Å². The molecule has 0 saturated carbocycles. The van der Waals surface area contributed by atoms with Gasteiger partial charge in [-0.2, -0.15) is 0 Å². The van der Waals surface area contributed by atoms with Gasteiger partial charge in [-0.15, -0.1) is 0 Å². The largest absolute Gasteiger partial charge is 0.507 e. The predicted molar refractivity (Wildman–Crippen MR) is 228 cm³/mol. The van der Waals surface area contributed by atoms with Crippen LogP contribution in [-0.2, 0) is 10.8 Å². The Bertz CT molecular complexity index is 2430. The summed E-state index contributed by atoms with van der Waals surface area (Å²) >= 11 is 0. The van der Waals surface area contributed by atoms with Crippen LogP contribution >= 0.6 is 0 Å². The normalized spacial score (nSPS) is 12.3. The van der Waals surface area contributed by atoms with E-state index in [1.807, 2.05) is 24.4 Å². The molecule has 2 heterocycles. The first-order valence-corrected chi connectivity index (χ1v) is 19.3. The molecule has 54 heavy (non-hydrogen) atoms. The Kier molecular flexibility index (Phi) is 9.60. The van der Waals surface area contributed by atoms with Crippen LogP contribution in [0.3, 0.4) is 0 Å². The number of para-hydroxylation sites is 1. The van der Waals surface area contributed by atoms with Crippen LogP contribution in [0, 0.1) is 0 Å². The van der Waals surface area contributed by atoms with Crippen LogP contribution < -0.4 is 0 Å². The van der Waals surface area contributed by atoms with E-state index in [4.69, 9.17) is 4.98 Å². The molecule has 4 heteroatoms. The summed E-state index contributed by atoms with van der Waals surface area (Å²) in [6.07, 6.45) is 1.84. The number of nitrogens with zero attached hydrogens (tertiary/aromatic N) is 3. The van der Waals surface area contributed by atoms with Crippen molar-refractivity contribution in [3.8, 4) is 56.3 Å². The molecular formula is C50H53N3O. The van der Waals surface area contributed by atoms with Crippen LogP contribution in [-0.4, -0.2) is 19.6 Å². The zero-order valence-electron chi connectivity index (χ0n) is 33.5. The number of hydrogen-bond acceptors (Lipinski definition) is 3. The van der Waals surface area contributed by atoms with E-state index in [0.29, 0.717) is 0 Å². The van der Waals surface area contributed by atoms with Gasteiger partial charge in [-0.25, -0.2) is 4.98 Å². The molecule has 0 aliphatic rings. The third-order valence-electron chi connectivity index (χ3n) is 10.6. The topological polar surface area (TPSA) is 50.9 Å². The summed E-state index contributed by atoms with van der Waals surface area (Å²) in [6.45, 7) is 22.3. The van der Waals surface area contributed by atoms with Gasteiger partial charge >= 0.3 is 0 Å². The Morgan fingerprint density at radius 1 is 0.574 bits per heavy atom. The molecule has 0 aliphatic heterocycles. The first-order valence-electron chi connectivity index (χ1n) is 19.3. The number of rotatable bonds is 7. The van der Waals surface area contributed by atoms with E-state index < -0.39 is 0 Å². The number of phenols is 1. The number of fused-ring (bicyclic) bond motifs is 1. The van der Waals surface area contributed by atoms with Gasteiger partial charge in [0.25, 0.3) is 0 Å². The number of aromatic nitrogens is 3. The van der Waals surface area contributed by atoms with Crippen molar-refractivity contribution >= 4 is 11.0 Å². The maximum Gasteiger partial charge on any atom is 0.149 e. The average Bonchev–Trinajstić information content (AvgIpc) is 3.53. The van der Waals surface area contributed by atoms with E-state index in [2.05, 4.69) is 176 Å². The lowest BCUT2D eigenvalue weighted by Crippen LogP contribution is -2.17. The highest BCUT2D eigenvalue weighted by Crippen LogP contribution is 2.46. The number of aromatic hydroxyl groups is 1. The van der Waals surface area contributed by atoms with Gasteiger partial charge in [0.05, 0.1) is 28.0 Å². The van der Waals surface area contributed by atoms with Crippen molar-refractivity contribution in [2.45, 2.75) is 91.9 Å². The molecule has 274 valence electrons. The van der Waals surface area contributed by atoms with Gasteiger partial charge in [0.1, 0.15) is 11.6 Å². The summed E-state index contributed by atoms with van der Waals surface area (Å²) in [6, 6.07) is 40.8. The Labute approximate surface area is 321 Å². The van der Waals surface area contributed by atoms with Gasteiger partial charge in [0.2, 0.25) is 0 Å². The first kappa shape index (κ1) is 36.9. The van der Waals surface area contributed by atoms with Crippen LogP contribution in [0.4, 0.5) is 0 Å². The Morgan fingerprint density at radius 2 is 1.20 bits per heavy atom. The van der Waals surface area contributed by atoms with Gasteiger partial charge in [0, 0.05) is 22.9 Å². The van der Waals surface area contributed by atoms with Gasteiger partial charge in [-0.05, 0) is 98.5 Å². The van der Waals surface area contributed by atoms with Crippen molar-refractivity contribution in [1.29, 1.82) is 0 Å². The van der Waals surface area contributed by atoms with Crippen molar-refractivity contribution in [3.05, 3.63) is 144 Å². The third-order valence-corrected chi connectivity index (χ3v) is 10.6. The lowest BCUT2D eigenvalue weighted by molar-refractivity contribution is 0.446. The van der Waals surface area contributed by atoms with E-state index in [1.165, 1.54) is 22.3 Å². The number of pyridine rings is 1. The van der Waals surface area contributed by atoms with E-state index >= 15 is 0 Å². The van der Waals surface area contributed by atoms with Crippen LogP contribution in [0.5, 0.6) is 5.75 Å². The Morgan fingerprint density at radius 3 is 1.81 bits per heavy atom. The minimum absolute atomic E-state index is 0.153. The van der Waals surface area contributed by atoms with E-state index in [1.54, 1.807) is 0 Å². The molecule has 0 atom stereocenters. The van der Waals surface area contributed by atoms with Crippen LogP contribution in [0.15, 0.2) is 121 Å². The maximum absolute atomic E-state index is 12.4. The van der Waals surface area contributed by atoms with Crippen molar-refractivity contribution in [1.82, 2.24) is 14.5 Å². The molecule has 5 aromatic carbocycles. The molecule has 0 aliphatic carbocycles. The van der Waals surface area contributed by atoms with Crippen LogP contribution in [0.2, 0.25) is 0 Å². The summed E-state index contributed by atoms with van der Waals surface area (Å²) in [5.74, 6) is 1.45. The molecule has 4 nitrogen and oxygen atoms in total. The van der Waals surface area contributed by atoms with Crippen LogP contribution in [0.25, 0.3) is 61.6 Å². The molecule has 0 unspecified atom stereocenters. The smallest absolute Gasteiger partial charge is 0.149 e. The molecule has 7 aromatic rings. The van der Waals surface area contributed by atoms with Gasteiger partial charge in [-0.1, -0.05) is 142 Å². The standard InChI is InChI=1S/C50H53N3O/c1-31(2)39-27-36(33-18-12-11-13-19-33)28-40(32(3)4)46(39)53-44-24-17-22-38(34-20-16-21-35(26-34)43-23-14-15-25-51-43)45(44)52-48(53)41-29-37(49(5,6)7)30-42(47(41)54)50(8,9)10/h11-32,54H,1-10H3. The first-order chi connectivity index (χ1) is 25.6. The van der Waals surface area contributed by atoms with E-state index in [9.17, 15) is 5.11 Å². The number of benzene rings is 5. The fourth-order valence-corrected chi connectivity index (χ4v) is 7.54. The van der Waals surface area contributed by atoms with Crippen molar-refractivity contribution in [2.75, 3.05) is 0 Å². The summed E-state index contributed by atoms with van der Waals surface area (Å²) in [7, 11) is 0. The summed E-state index contributed by atoms with van der Waals surface area (Å²) in [5, 5.41) is 12.4. The molecular weight excluding hydrogens is 659 g/mol. The maximum atomic E-state index is 12.4. The zero-order chi connectivity index (χ0) is 38.5. The van der Waals surface area contributed by atoms with Gasteiger partial charge in [-0.3, -0.25) is 9.55 Å². The molecule has 7 rings (SSSR count). The van der Waals surface area contributed by atoms with Crippen molar-refractivity contribution < 1.29 is 5.11 Å². The summed E-state index contributed by atoms with van der Waals surface area (Å²) in [4.78, 5) is 10.3. The SMILES string of the molecule is CC(C)c1cc(-c2ccccc2)cc(C(C)C)c1-n1c(-c2cc(C(C)(C)C)cc(C(C)(C)C)c2O)nc2c(-c3cccc(-c4ccccn4)c3)cccc21. The molecule has 1 N–H and O–H groups in total. The third kappa shape index (κ3) is 6.86. The fraction of sp³-hybridized carbons (Fsp3) is 0.280. The molecule has 0 amide bonds. The second-order valence-electron chi connectivity index (χ2n) is 17.3. The average molecular weight is 712 g/mol. The molecule has 0 fully saturated rings. The monoisotopic (exact) mass is 711 g/mol. The summed E-state index contributed by atoms with van der Waals surface area (Å²) < 4.78 is 2.36. The molecule has 0 saturated heterocycles. The minimum atomic E-state index is -0.294. The van der Waals surface area contributed by atoms with Crippen molar-refractivity contribution in [2.24, 2.45) is 0 Å². The number of imidazole rings is 1. The molecule has 0 radical (unpaired) electrons. The summed E-state index contributed by atoms with van der Waals surface area (Å²) in [5.41, 5.74) is 14.4. The highest BCUT2D eigenvalue weighted by atomic mass is 16.3. The van der Waals surface area contributed by atoms with Crippen molar-refractivity contribution in [3.63, 3.8) is 0 Å². The quantitative estimate of drug-likeness (QED) is 0.179. The van der Waals surface area contributed by atoms with Gasteiger partial charge in [0.15, 0.2) is 0 Å². The lowest BCUT2D eigenvalue weighted by atomic mass is 9.78. The Balaban J connectivity index is 1.62. The number of hydrogen-bond donors (Lipinski definition) is 1. The predicted octanol–water partition coefficient (Wildman–Crippen LogP) is 13.6. The van der Waals surface area contributed by atoms with Gasteiger partial charge < -0.3 is 5.11 Å². The zero-order valence-corrected chi connectivity index (χ0v) is 33.5. The Hall–Kier alpha value is -5.48. The minimum Gasteiger partial charge on any atom is -0.507 e. The molecule has 0 bridgehead atoms.